The third-order valence-electron chi connectivity index (χ3n) is 3.59. The Balaban J connectivity index is 1.54. The topological polar surface area (TPSA) is 102 Å². The minimum absolute atomic E-state index is 0.0668. The number of fused-ring (bicyclic) bond motifs is 1. The van der Waals surface area contributed by atoms with Crippen molar-refractivity contribution >= 4 is 22.7 Å². The smallest absolute Gasteiger partial charge is 0.276 e. The Morgan fingerprint density at radius 1 is 1.04 bits per heavy atom. The first-order chi connectivity index (χ1) is 13.0. The van der Waals surface area contributed by atoms with Gasteiger partial charge in [-0.2, -0.15) is 5.10 Å². The van der Waals surface area contributed by atoms with Crippen LogP contribution >= 0.6 is 0 Å². The van der Waals surface area contributed by atoms with Gasteiger partial charge in [0.2, 0.25) is 5.43 Å². The van der Waals surface area contributed by atoms with Crippen molar-refractivity contribution in [3.05, 3.63) is 70.8 Å². The van der Waals surface area contributed by atoms with Crippen molar-refractivity contribution in [1.82, 2.24) is 20.6 Å². The molecule has 2 amide bonds. The summed E-state index contributed by atoms with van der Waals surface area (Å²) in [5.41, 5.74) is 4.62. The minimum Gasteiger partial charge on any atom is -0.481 e. The van der Waals surface area contributed by atoms with E-state index in [-0.39, 0.29) is 17.7 Å². The number of benzene rings is 2. The first-order valence-electron chi connectivity index (χ1n) is 7.94. The van der Waals surface area contributed by atoms with Gasteiger partial charge in [0, 0.05) is 5.39 Å². The zero-order valence-corrected chi connectivity index (χ0v) is 14.0. The van der Waals surface area contributed by atoms with E-state index in [0.29, 0.717) is 10.9 Å². The highest BCUT2D eigenvalue weighted by atomic mass is 19.1. The van der Waals surface area contributed by atoms with Crippen molar-refractivity contribution in [2.75, 3.05) is 6.61 Å². The first-order valence-corrected chi connectivity index (χ1v) is 7.94. The zero-order chi connectivity index (χ0) is 19.2. The maximum atomic E-state index is 13.4. The van der Waals surface area contributed by atoms with Crippen LogP contribution in [-0.2, 0) is 16.1 Å². The number of ether oxygens (including phenoxy) is 1. The fraction of sp³-hybridized carbons (Fsp3) is 0.111. The second-order valence-corrected chi connectivity index (χ2v) is 5.50. The van der Waals surface area contributed by atoms with E-state index in [1.54, 1.807) is 30.3 Å². The zero-order valence-electron chi connectivity index (χ0n) is 14.0. The molecule has 3 aromatic rings. The fourth-order valence-electron chi connectivity index (χ4n) is 2.34. The quantitative estimate of drug-likeness (QED) is 0.646. The van der Waals surface area contributed by atoms with Gasteiger partial charge >= 0.3 is 0 Å². The number of hydrazine groups is 1. The molecule has 0 aliphatic carbocycles. The van der Waals surface area contributed by atoms with Gasteiger partial charge in [0.15, 0.2) is 18.2 Å². The molecule has 0 aliphatic heterocycles. The average Bonchev–Trinajstić information content (AvgIpc) is 2.68. The van der Waals surface area contributed by atoms with Crippen LogP contribution in [0, 0.1) is 5.82 Å². The van der Waals surface area contributed by atoms with E-state index in [2.05, 4.69) is 16.0 Å². The van der Waals surface area contributed by atoms with Crippen LogP contribution in [0.2, 0.25) is 0 Å². The molecule has 0 unspecified atom stereocenters. The SMILES string of the molecule is O=C(COc1ccccc1F)NNC(=O)Cn1ncc(=O)c2ccccc21. The molecule has 0 bridgehead atoms. The van der Waals surface area contributed by atoms with E-state index < -0.39 is 24.2 Å². The van der Waals surface area contributed by atoms with E-state index in [4.69, 9.17) is 4.74 Å². The van der Waals surface area contributed by atoms with Crippen LogP contribution < -0.4 is 21.0 Å². The summed E-state index contributed by atoms with van der Waals surface area (Å²) in [6, 6.07) is 12.4. The Labute approximate surface area is 152 Å². The molecule has 2 N–H and O–H groups in total. The van der Waals surface area contributed by atoms with Crippen molar-refractivity contribution in [1.29, 1.82) is 0 Å². The second kappa shape index (κ2) is 8.09. The maximum absolute atomic E-state index is 13.4. The Morgan fingerprint density at radius 3 is 2.56 bits per heavy atom. The highest BCUT2D eigenvalue weighted by molar-refractivity contribution is 5.84. The van der Waals surface area contributed by atoms with Crippen molar-refractivity contribution in [2.24, 2.45) is 0 Å². The van der Waals surface area contributed by atoms with Gasteiger partial charge in [-0.3, -0.25) is 29.9 Å². The molecule has 8 nitrogen and oxygen atoms in total. The lowest BCUT2D eigenvalue weighted by Gasteiger charge is -2.11. The summed E-state index contributed by atoms with van der Waals surface area (Å²) in [6.45, 7) is -0.685. The van der Waals surface area contributed by atoms with Crippen LogP contribution in [0.25, 0.3) is 10.9 Å². The van der Waals surface area contributed by atoms with Crippen molar-refractivity contribution in [2.45, 2.75) is 6.54 Å². The summed E-state index contributed by atoms with van der Waals surface area (Å²) in [5.74, 6) is -1.88. The molecule has 2 aromatic carbocycles. The largest absolute Gasteiger partial charge is 0.481 e. The number of para-hydroxylation sites is 2. The number of aromatic nitrogens is 2. The van der Waals surface area contributed by atoms with Crippen LogP contribution in [0.3, 0.4) is 0 Å². The minimum atomic E-state index is -0.663. The summed E-state index contributed by atoms with van der Waals surface area (Å²) >= 11 is 0. The van der Waals surface area contributed by atoms with Gasteiger partial charge in [0.25, 0.3) is 11.8 Å². The Bertz CT molecular complexity index is 1050. The molecular formula is C18H15FN4O4. The number of carbonyl (C=O) groups excluding carboxylic acids is 2. The molecule has 0 saturated carbocycles. The summed E-state index contributed by atoms with van der Waals surface area (Å²) in [6.07, 6.45) is 1.12. The van der Waals surface area contributed by atoms with Gasteiger partial charge in [-0.25, -0.2) is 4.39 Å². The van der Waals surface area contributed by atoms with Crippen LogP contribution in [0.1, 0.15) is 0 Å². The molecular weight excluding hydrogens is 355 g/mol. The third kappa shape index (κ3) is 4.46. The molecule has 3 rings (SSSR count). The standard InChI is InChI=1S/C18H15FN4O4/c19-13-6-2-4-8-16(13)27-11-18(26)22-21-17(25)10-23-14-7-3-1-5-12(14)15(24)9-20-23/h1-9H,10-11H2,(H,21,25)(H,22,26). The Morgan fingerprint density at radius 2 is 1.74 bits per heavy atom. The molecule has 0 saturated heterocycles. The summed E-state index contributed by atoms with van der Waals surface area (Å²) in [4.78, 5) is 35.5. The van der Waals surface area contributed by atoms with Gasteiger partial charge in [0.05, 0.1) is 11.7 Å². The number of nitrogens with one attached hydrogen (secondary N) is 2. The summed E-state index contributed by atoms with van der Waals surface area (Å²) < 4.78 is 19.8. The number of carbonyl (C=O) groups is 2. The molecule has 0 radical (unpaired) electrons. The highest BCUT2D eigenvalue weighted by Crippen LogP contribution is 2.14. The molecule has 1 aromatic heterocycles. The maximum Gasteiger partial charge on any atom is 0.276 e. The molecule has 138 valence electrons. The molecule has 9 heteroatoms. The van der Waals surface area contributed by atoms with Crippen LogP contribution in [0.4, 0.5) is 4.39 Å². The lowest BCUT2D eigenvalue weighted by atomic mass is 10.2. The number of nitrogens with zero attached hydrogens (tertiary/aromatic N) is 2. The summed E-state index contributed by atoms with van der Waals surface area (Å²) in [7, 11) is 0. The van der Waals surface area contributed by atoms with Crippen molar-refractivity contribution in [3.8, 4) is 5.75 Å². The van der Waals surface area contributed by atoms with E-state index in [0.717, 1.165) is 6.20 Å². The monoisotopic (exact) mass is 370 g/mol. The lowest BCUT2D eigenvalue weighted by molar-refractivity contribution is -0.130. The van der Waals surface area contributed by atoms with Crippen LogP contribution in [-0.4, -0.2) is 28.2 Å². The van der Waals surface area contributed by atoms with E-state index in [1.807, 2.05) is 0 Å². The predicted molar refractivity (Wildman–Crippen MR) is 94.2 cm³/mol. The van der Waals surface area contributed by atoms with E-state index in [1.165, 1.54) is 22.9 Å². The number of amides is 2. The molecule has 0 aliphatic rings. The second-order valence-electron chi connectivity index (χ2n) is 5.50. The van der Waals surface area contributed by atoms with Gasteiger partial charge in [0.1, 0.15) is 6.54 Å². The van der Waals surface area contributed by atoms with E-state index in [9.17, 15) is 18.8 Å². The number of hydrogen-bond acceptors (Lipinski definition) is 5. The van der Waals surface area contributed by atoms with Gasteiger partial charge in [-0.05, 0) is 24.3 Å². The Hall–Kier alpha value is -3.75. The number of hydrogen-bond donors (Lipinski definition) is 2. The number of rotatable bonds is 5. The molecule has 1 heterocycles. The van der Waals surface area contributed by atoms with Gasteiger partial charge < -0.3 is 4.74 Å². The van der Waals surface area contributed by atoms with Gasteiger partial charge in [-0.1, -0.05) is 24.3 Å². The fourth-order valence-corrected chi connectivity index (χ4v) is 2.34. The van der Waals surface area contributed by atoms with E-state index >= 15 is 0 Å². The highest BCUT2D eigenvalue weighted by Gasteiger charge is 2.10. The van der Waals surface area contributed by atoms with Crippen molar-refractivity contribution in [3.63, 3.8) is 0 Å². The molecule has 0 fully saturated rings. The summed E-state index contributed by atoms with van der Waals surface area (Å²) in [5, 5.41) is 4.36. The molecule has 0 atom stereocenters. The molecule has 0 spiro atoms. The van der Waals surface area contributed by atoms with Crippen molar-refractivity contribution < 1.29 is 18.7 Å². The van der Waals surface area contributed by atoms with Crippen LogP contribution in [0.15, 0.2) is 59.5 Å². The Kier molecular flexibility index (Phi) is 5.41. The number of halogens is 1. The normalized spacial score (nSPS) is 10.4. The average molecular weight is 370 g/mol. The first kappa shape index (κ1) is 18.1. The van der Waals surface area contributed by atoms with Crippen LogP contribution in [0.5, 0.6) is 5.75 Å². The molecule has 27 heavy (non-hydrogen) atoms. The van der Waals surface area contributed by atoms with Gasteiger partial charge in [-0.15, -0.1) is 0 Å². The lowest BCUT2D eigenvalue weighted by Crippen LogP contribution is -2.45. The predicted octanol–water partition coefficient (Wildman–Crippen LogP) is 0.762. The third-order valence-corrected chi connectivity index (χ3v) is 3.59.